The molecule has 1 heterocycles. The molecule has 0 spiro atoms. The second-order valence-corrected chi connectivity index (χ2v) is 5.63. The van der Waals surface area contributed by atoms with Gasteiger partial charge in [-0.1, -0.05) is 19.1 Å². The Morgan fingerprint density at radius 2 is 2.25 bits per heavy atom. The minimum absolute atomic E-state index is 0.614. The molecule has 88 valence electrons. The fourth-order valence-electron chi connectivity index (χ4n) is 2.14. The standard InChI is InChI=1S/C13H20N2S/c1-3-16-13-7-5-4-6-12(13)14-11-8-9-15(2)10-11/h4-7,11,14H,3,8-10H2,1-2H3. The number of rotatable bonds is 4. The SMILES string of the molecule is CCSc1ccccc1NC1CCN(C)C1. The monoisotopic (exact) mass is 236 g/mol. The molecular formula is C13H20N2S. The Bertz CT molecular complexity index is 340. The van der Waals surface area contributed by atoms with Gasteiger partial charge in [-0.25, -0.2) is 0 Å². The van der Waals surface area contributed by atoms with Gasteiger partial charge in [-0.15, -0.1) is 11.8 Å². The van der Waals surface area contributed by atoms with Crippen molar-refractivity contribution in [2.45, 2.75) is 24.3 Å². The summed E-state index contributed by atoms with van der Waals surface area (Å²) in [5.41, 5.74) is 1.30. The second-order valence-electron chi connectivity index (χ2n) is 4.32. The summed E-state index contributed by atoms with van der Waals surface area (Å²) in [6, 6.07) is 9.24. The minimum Gasteiger partial charge on any atom is -0.380 e. The van der Waals surface area contributed by atoms with E-state index in [9.17, 15) is 0 Å². The molecule has 1 aromatic rings. The van der Waals surface area contributed by atoms with Gasteiger partial charge >= 0.3 is 0 Å². The maximum Gasteiger partial charge on any atom is 0.0480 e. The summed E-state index contributed by atoms with van der Waals surface area (Å²) in [4.78, 5) is 3.76. The van der Waals surface area contributed by atoms with E-state index >= 15 is 0 Å². The molecule has 0 aromatic heterocycles. The largest absolute Gasteiger partial charge is 0.380 e. The highest BCUT2D eigenvalue weighted by Gasteiger charge is 2.19. The predicted octanol–water partition coefficient (Wildman–Crippen LogP) is 2.91. The van der Waals surface area contributed by atoms with Crippen LogP contribution < -0.4 is 5.32 Å². The van der Waals surface area contributed by atoms with E-state index in [0.29, 0.717) is 6.04 Å². The zero-order valence-corrected chi connectivity index (χ0v) is 10.9. The van der Waals surface area contributed by atoms with Crippen molar-refractivity contribution in [1.29, 1.82) is 0 Å². The number of likely N-dealkylation sites (tertiary alicyclic amines) is 1. The molecule has 1 aromatic carbocycles. The summed E-state index contributed by atoms with van der Waals surface area (Å²) < 4.78 is 0. The van der Waals surface area contributed by atoms with Gasteiger partial charge in [-0.3, -0.25) is 0 Å². The number of hydrogen-bond acceptors (Lipinski definition) is 3. The highest BCUT2D eigenvalue weighted by atomic mass is 32.2. The smallest absolute Gasteiger partial charge is 0.0480 e. The molecule has 1 atom stereocenters. The van der Waals surface area contributed by atoms with Crippen LogP contribution in [-0.2, 0) is 0 Å². The van der Waals surface area contributed by atoms with Gasteiger partial charge < -0.3 is 10.2 Å². The third kappa shape index (κ3) is 2.92. The quantitative estimate of drug-likeness (QED) is 0.809. The molecule has 1 unspecified atom stereocenters. The third-order valence-electron chi connectivity index (χ3n) is 2.94. The molecule has 3 heteroatoms. The van der Waals surface area contributed by atoms with Crippen molar-refractivity contribution in [2.75, 3.05) is 31.2 Å². The van der Waals surface area contributed by atoms with E-state index < -0.39 is 0 Å². The van der Waals surface area contributed by atoms with Crippen molar-refractivity contribution in [3.8, 4) is 0 Å². The van der Waals surface area contributed by atoms with Crippen LogP contribution in [0, 0.1) is 0 Å². The summed E-state index contributed by atoms with van der Waals surface area (Å²) in [5.74, 6) is 1.13. The molecule has 16 heavy (non-hydrogen) atoms. The number of nitrogens with zero attached hydrogens (tertiary/aromatic N) is 1. The Morgan fingerprint density at radius 1 is 1.44 bits per heavy atom. The van der Waals surface area contributed by atoms with Gasteiger partial charge in [0.1, 0.15) is 0 Å². The van der Waals surface area contributed by atoms with Crippen LogP contribution in [0.3, 0.4) is 0 Å². The highest BCUT2D eigenvalue weighted by Crippen LogP contribution is 2.28. The lowest BCUT2D eigenvalue weighted by atomic mass is 10.2. The average molecular weight is 236 g/mol. The van der Waals surface area contributed by atoms with Crippen LogP contribution in [0.2, 0.25) is 0 Å². The fourth-order valence-corrected chi connectivity index (χ4v) is 2.91. The van der Waals surface area contributed by atoms with Gasteiger partial charge in [0.2, 0.25) is 0 Å². The van der Waals surface area contributed by atoms with Gasteiger partial charge in [-0.2, -0.15) is 0 Å². The molecule has 0 radical (unpaired) electrons. The number of anilines is 1. The molecular weight excluding hydrogens is 216 g/mol. The van der Waals surface area contributed by atoms with Crippen LogP contribution in [-0.4, -0.2) is 36.8 Å². The van der Waals surface area contributed by atoms with E-state index in [1.54, 1.807) is 0 Å². The van der Waals surface area contributed by atoms with E-state index in [0.717, 1.165) is 12.3 Å². The molecule has 1 aliphatic heterocycles. The van der Waals surface area contributed by atoms with Crippen molar-refractivity contribution in [1.82, 2.24) is 4.90 Å². The molecule has 1 aliphatic rings. The third-order valence-corrected chi connectivity index (χ3v) is 3.89. The molecule has 1 N–H and O–H groups in total. The van der Waals surface area contributed by atoms with Gasteiger partial charge in [0.05, 0.1) is 0 Å². The number of thioether (sulfide) groups is 1. The maximum absolute atomic E-state index is 3.66. The van der Waals surface area contributed by atoms with Gasteiger partial charge in [0.15, 0.2) is 0 Å². The molecule has 0 saturated carbocycles. The fraction of sp³-hybridized carbons (Fsp3) is 0.538. The maximum atomic E-state index is 3.66. The lowest BCUT2D eigenvalue weighted by Crippen LogP contribution is -2.23. The van der Waals surface area contributed by atoms with E-state index in [-0.39, 0.29) is 0 Å². The van der Waals surface area contributed by atoms with Gasteiger partial charge in [0, 0.05) is 23.2 Å². The molecule has 2 rings (SSSR count). The van der Waals surface area contributed by atoms with Crippen LogP contribution in [0.15, 0.2) is 29.2 Å². The van der Waals surface area contributed by atoms with Crippen molar-refractivity contribution >= 4 is 17.4 Å². The van der Waals surface area contributed by atoms with Crippen molar-refractivity contribution in [3.05, 3.63) is 24.3 Å². The summed E-state index contributed by atoms with van der Waals surface area (Å²) in [6.45, 7) is 4.57. The van der Waals surface area contributed by atoms with Gasteiger partial charge in [-0.05, 0) is 37.9 Å². The van der Waals surface area contributed by atoms with Crippen LogP contribution in [0.25, 0.3) is 0 Å². The highest BCUT2D eigenvalue weighted by molar-refractivity contribution is 7.99. The normalized spacial score (nSPS) is 21.2. The van der Waals surface area contributed by atoms with E-state index in [2.05, 4.69) is 48.5 Å². The Kier molecular flexibility index (Phi) is 4.13. The first kappa shape index (κ1) is 11.8. The Morgan fingerprint density at radius 3 is 2.94 bits per heavy atom. The van der Waals surface area contributed by atoms with Crippen LogP contribution >= 0.6 is 11.8 Å². The summed E-state index contributed by atoms with van der Waals surface area (Å²) in [5, 5.41) is 3.66. The number of likely N-dealkylation sites (N-methyl/N-ethyl adjacent to an activating group) is 1. The molecule has 2 nitrogen and oxygen atoms in total. The molecule has 1 saturated heterocycles. The number of para-hydroxylation sites is 1. The van der Waals surface area contributed by atoms with Crippen LogP contribution in [0.5, 0.6) is 0 Å². The number of nitrogens with one attached hydrogen (secondary N) is 1. The minimum atomic E-state index is 0.614. The summed E-state index contributed by atoms with van der Waals surface area (Å²) in [7, 11) is 2.19. The zero-order chi connectivity index (χ0) is 11.4. The lowest BCUT2D eigenvalue weighted by Gasteiger charge is -2.16. The van der Waals surface area contributed by atoms with E-state index in [4.69, 9.17) is 0 Å². The second kappa shape index (κ2) is 5.60. The molecule has 0 aliphatic carbocycles. The first-order valence-corrected chi connectivity index (χ1v) is 6.95. The van der Waals surface area contributed by atoms with E-state index in [1.807, 2.05) is 11.8 Å². The topological polar surface area (TPSA) is 15.3 Å². The number of benzene rings is 1. The van der Waals surface area contributed by atoms with Crippen molar-refractivity contribution in [2.24, 2.45) is 0 Å². The first-order chi connectivity index (χ1) is 7.79. The molecule has 0 amide bonds. The Balaban J connectivity index is 2.02. The first-order valence-electron chi connectivity index (χ1n) is 5.96. The molecule has 0 bridgehead atoms. The van der Waals surface area contributed by atoms with E-state index in [1.165, 1.54) is 23.5 Å². The zero-order valence-electron chi connectivity index (χ0n) is 10.1. The van der Waals surface area contributed by atoms with Crippen LogP contribution in [0.4, 0.5) is 5.69 Å². The lowest BCUT2D eigenvalue weighted by molar-refractivity contribution is 0.414. The Hall–Kier alpha value is -0.670. The number of hydrogen-bond donors (Lipinski definition) is 1. The predicted molar refractivity (Wildman–Crippen MR) is 72.4 cm³/mol. The Labute approximate surface area is 102 Å². The van der Waals surface area contributed by atoms with Gasteiger partial charge in [0.25, 0.3) is 0 Å². The average Bonchev–Trinajstić information content (AvgIpc) is 2.67. The summed E-state index contributed by atoms with van der Waals surface area (Å²) in [6.07, 6.45) is 1.25. The van der Waals surface area contributed by atoms with Crippen molar-refractivity contribution in [3.63, 3.8) is 0 Å². The van der Waals surface area contributed by atoms with Crippen molar-refractivity contribution < 1.29 is 0 Å². The molecule has 1 fully saturated rings. The summed E-state index contributed by atoms with van der Waals surface area (Å²) >= 11 is 1.91. The van der Waals surface area contributed by atoms with Crippen LogP contribution in [0.1, 0.15) is 13.3 Å².